The Morgan fingerprint density at radius 1 is 0.907 bits per heavy atom. The number of aliphatic carboxylic acids is 1. The van der Waals surface area contributed by atoms with Crippen molar-refractivity contribution >= 4 is 29.4 Å². The van der Waals surface area contributed by atoms with E-state index >= 15 is 0 Å². The third-order valence-corrected chi connectivity index (χ3v) is 9.58. The van der Waals surface area contributed by atoms with Crippen LogP contribution in [0.2, 0.25) is 0 Å². The van der Waals surface area contributed by atoms with E-state index in [0.717, 1.165) is 29.7 Å². The number of hydrogen-bond acceptors (Lipinski definition) is 5. The first-order valence-electron chi connectivity index (χ1n) is 14.6. The minimum absolute atomic E-state index is 0.0764. The average Bonchev–Trinajstić information content (AvgIpc) is 3.59. The van der Waals surface area contributed by atoms with Gasteiger partial charge in [0.2, 0.25) is 5.91 Å². The highest BCUT2D eigenvalue weighted by Gasteiger charge is 2.40. The van der Waals surface area contributed by atoms with E-state index in [1.54, 1.807) is 23.9 Å². The summed E-state index contributed by atoms with van der Waals surface area (Å²) >= 11 is 1.64. The Morgan fingerprint density at radius 3 is 1.95 bits per heavy atom. The Balaban J connectivity index is 1.39. The second-order valence-electron chi connectivity index (χ2n) is 10.8. The molecular formula is C36H36N2O4S. The van der Waals surface area contributed by atoms with E-state index in [0.29, 0.717) is 18.6 Å². The Labute approximate surface area is 257 Å². The number of amides is 1. The van der Waals surface area contributed by atoms with Crippen LogP contribution >= 0.6 is 11.8 Å². The van der Waals surface area contributed by atoms with Crippen LogP contribution in [-0.2, 0) is 19.1 Å². The second-order valence-corrected chi connectivity index (χ2v) is 12.1. The molecule has 1 aliphatic heterocycles. The minimum Gasteiger partial charge on any atom is -0.477 e. The van der Waals surface area contributed by atoms with Crippen molar-refractivity contribution in [2.24, 2.45) is 5.41 Å². The number of rotatable bonds is 12. The third-order valence-electron chi connectivity index (χ3n) is 8.03. The molecule has 0 aromatic heterocycles. The van der Waals surface area contributed by atoms with Crippen LogP contribution in [0.3, 0.4) is 0 Å². The van der Waals surface area contributed by atoms with E-state index in [1.807, 2.05) is 66.7 Å². The molecule has 5 rings (SSSR count). The summed E-state index contributed by atoms with van der Waals surface area (Å²) < 4.78 is -0.584. The summed E-state index contributed by atoms with van der Waals surface area (Å²) in [6.45, 7) is 0.756. The van der Waals surface area contributed by atoms with Crippen molar-refractivity contribution < 1.29 is 19.5 Å². The van der Waals surface area contributed by atoms with Crippen molar-refractivity contribution in [2.45, 2.75) is 36.5 Å². The van der Waals surface area contributed by atoms with Crippen molar-refractivity contribution in [3.8, 4) is 0 Å². The summed E-state index contributed by atoms with van der Waals surface area (Å²) in [5.74, 6) is -1.34. The van der Waals surface area contributed by atoms with Gasteiger partial charge in [-0.3, -0.25) is 9.59 Å². The lowest BCUT2D eigenvalue weighted by atomic mass is 9.74. The van der Waals surface area contributed by atoms with Gasteiger partial charge in [-0.25, -0.2) is 4.79 Å². The average molecular weight is 593 g/mol. The maximum absolute atomic E-state index is 13.6. The molecule has 2 atom stereocenters. The summed E-state index contributed by atoms with van der Waals surface area (Å²) in [5.41, 5.74) is 1.85. The molecule has 0 spiro atoms. The molecule has 7 heteroatoms. The lowest BCUT2D eigenvalue weighted by Crippen LogP contribution is -2.43. The number of ketones is 1. The molecule has 6 nitrogen and oxygen atoms in total. The zero-order chi connectivity index (χ0) is 30.1. The minimum atomic E-state index is -1.28. The Hall–Kier alpha value is -4.20. The molecule has 0 bridgehead atoms. The smallest absolute Gasteiger partial charge is 0.352 e. The lowest BCUT2D eigenvalue weighted by molar-refractivity contribution is -0.134. The van der Waals surface area contributed by atoms with Gasteiger partial charge in [-0.2, -0.15) is 0 Å². The first-order chi connectivity index (χ1) is 20.9. The molecule has 1 saturated heterocycles. The summed E-state index contributed by atoms with van der Waals surface area (Å²) in [7, 11) is 0. The second kappa shape index (κ2) is 13.8. The van der Waals surface area contributed by atoms with E-state index in [4.69, 9.17) is 0 Å². The zero-order valence-electron chi connectivity index (χ0n) is 23.9. The highest BCUT2D eigenvalue weighted by Crippen LogP contribution is 2.48. The van der Waals surface area contributed by atoms with Gasteiger partial charge < -0.3 is 15.7 Å². The molecule has 3 aromatic carbocycles. The van der Waals surface area contributed by atoms with Gasteiger partial charge in [-0.1, -0.05) is 115 Å². The van der Waals surface area contributed by atoms with E-state index in [1.165, 1.54) is 6.08 Å². The van der Waals surface area contributed by atoms with Crippen LogP contribution in [-0.4, -0.2) is 41.1 Å². The Kier molecular flexibility index (Phi) is 9.75. The number of carbonyl (C=O) groups excluding carboxylic acids is 2. The van der Waals surface area contributed by atoms with Crippen LogP contribution in [0.25, 0.3) is 0 Å². The van der Waals surface area contributed by atoms with Crippen molar-refractivity contribution in [1.82, 2.24) is 10.6 Å². The summed E-state index contributed by atoms with van der Waals surface area (Å²) in [5, 5.41) is 15.9. The monoisotopic (exact) mass is 592 g/mol. The zero-order valence-corrected chi connectivity index (χ0v) is 24.8. The maximum Gasteiger partial charge on any atom is 0.352 e. The van der Waals surface area contributed by atoms with E-state index in [9.17, 15) is 19.5 Å². The van der Waals surface area contributed by atoms with Gasteiger partial charge in [0.15, 0.2) is 5.78 Å². The molecule has 0 saturated carbocycles. The van der Waals surface area contributed by atoms with E-state index in [-0.39, 0.29) is 23.9 Å². The molecule has 1 amide bonds. The van der Waals surface area contributed by atoms with E-state index in [2.05, 4.69) is 47.0 Å². The highest BCUT2D eigenvalue weighted by atomic mass is 32.2. The quantitative estimate of drug-likeness (QED) is 0.176. The van der Waals surface area contributed by atoms with Crippen LogP contribution < -0.4 is 10.6 Å². The fourth-order valence-corrected chi connectivity index (χ4v) is 7.42. The number of Topliss-reactive ketones (excluding diaryl/α,β-unsaturated/α-hetero) is 1. The molecule has 220 valence electrons. The summed E-state index contributed by atoms with van der Waals surface area (Å²) in [6.07, 6.45) is 10.7. The van der Waals surface area contributed by atoms with Crippen molar-refractivity contribution in [3.05, 3.63) is 144 Å². The van der Waals surface area contributed by atoms with Gasteiger partial charge in [0.25, 0.3) is 0 Å². The summed E-state index contributed by atoms with van der Waals surface area (Å²) in [6, 6.07) is 30.3. The topological polar surface area (TPSA) is 95.5 Å². The third kappa shape index (κ3) is 6.74. The molecular weight excluding hydrogens is 556 g/mol. The number of carboxylic acids is 1. The fourth-order valence-electron chi connectivity index (χ4n) is 5.92. The number of hydrogen-bond donors (Lipinski definition) is 3. The van der Waals surface area contributed by atoms with Gasteiger partial charge in [0.1, 0.15) is 5.70 Å². The molecule has 1 aliphatic carbocycles. The van der Waals surface area contributed by atoms with Crippen LogP contribution in [0.5, 0.6) is 0 Å². The fraction of sp³-hybridized carbons (Fsp3) is 0.250. The van der Waals surface area contributed by atoms with Crippen molar-refractivity contribution in [1.29, 1.82) is 0 Å². The normalized spacial score (nSPS) is 20.1. The first-order valence-corrected chi connectivity index (χ1v) is 15.6. The van der Waals surface area contributed by atoms with Crippen LogP contribution in [0.15, 0.2) is 127 Å². The predicted molar refractivity (Wildman–Crippen MR) is 172 cm³/mol. The number of thioether (sulfide) groups is 1. The lowest BCUT2D eigenvalue weighted by Gasteiger charge is -2.35. The van der Waals surface area contributed by atoms with Crippen molar-refractivity contribution in [3.63, 3.8) is 0 Å². The van der Waals surface area contributed by atoms with Gasteiger partial charge >= 0.3 is 5.97 Å². The molecule has 2 aliphatic rings. The van der Waals surface area contributed by atoms with Crippen LogP contribution in [0.4, 0.5) is 0 Å². The largest absolute Gasteiger partial charge is 0.477 e. The van der Waals surface area contributed by atoms with Gasteiger partial charge in [0, 0.05) is 12.2 Å². The Morgan fingerprint density at radius 2 is 1.49 bits per heavy atom. The van der Waals surface area contributed by atoms with Gasteiger partial charge in [-0.15, -0.1) is 11.8 Å². The molecule has 1 unspecified atom stereocenters. The van der Waals surface area contributed by atoms with E-state index < -0.39 is 22.0 Å². The highest BCUT2D eigenvalue weighted by molar-refractivity contribution is 8.00. The maximum atomic E-state index is 13.6. The standard InChI is InChI=1S/C36H36N2O4S/c39-32(38-31(34(41)42)26-35(22-11-4-12-23-35)33(40)30-20-13-24-37-30)21-25-43-36(27-14-5-1-6-15-27,28-16-7-2-8-17-28)29-18-9-3-10-19-29/h1-12,14-19,22,26,30,37H,13,20-21,23-25H2,(H,38,39)(H,41,42)/t30-,35?/m0/s1. The molecule has 3 aromatic rings. The van der Waals surface area contributed by atoms with Crippen LogP contribution in [0, 0.1) is 5.41 Å². The number of nitrogens with one attached hydrogen (secondary N) is 2. The number of benzene rings is 3. The molecule has 1 fully saturated rings. The number of carboxylic acid groups (broad SMARTS) is 1. The van der Waals surface area contributed by atoms with Crippen molar-refractivity contribution in [2.75, 3.05) is 12.3 Å². The number of carbonyl (C=O) groups is 3. The number of allylic oxidation sites excluding steroid dienone is 5. The van der Waals surface area contributed by atoms with Gasteiger partial charge in [0.05, 0.1) is 16.2 Å². The Bertz CT molecular complexity index is 1420. The molecule has 43 heavy (non-hydrogen) atoms. The summed E-state index contributed by atoms with van der Waals surface area (Å²) in [4.78, 5) is 39.1. The first kappa shape index (κ1) is 30.3. The predicted octanol–water partition coefficient (Wildman–Crippen LogP) is 6.01. The molecule has 0 radical (unpaired) electrons. The SMILES string of the molecule is O=C(CCSC(c1ccccc1)(c1ccccc1)c1ccccc1)NC(=CC1(C(=O)[C@@H]2CCCN2)C=CC=CC1)C(=O)O. The molecule has 1 heterocycles. The van der Waals surface area contributed by atoms with Crippen LogP contribution in [0.1, 0.15) is 42.4 Å². The molecule has 3 N–H and O–H groups in total. The van der Waals surface area contributed by atoms with Gasteiger partial charge in [-0.05, 0) is 48.6 Å².